The fourth-order valence-corrected chi connectivity index (χ4v) is 3.29. The molecule has 2 aromatic carbocycles. The van der Waals surface area contributed by atoms with E-state index in [0.717, 1.165) is 21.6 Å². The third-order valence-electron chi connectivity index (χ3n) is 3.49. The summed E-state index contributed by atoms with van der Waals surface area (Å²) in [5.41, 5.74) is 2.29. The molecule has 1 atom stereocenters. The molecule has 0 fully saturated rings. The second kappa shape index (κ2) is 6.55. The van der Waals surface area contributed by atoms with Crippen LogP contribution in [0.3, 0.4) is 0 Å². The minimum atomic E-state index is 0.321. The third kappa shape index (κ3) is 3.18. The topological polar surface area (TPSA) is 30.7 Å². The van der Waals surface area contributed by atoms with Crippen molar-refractivity contribution in [2.45, 2.75) is 17.3 Å². The second-order valence-corrected chi connectivity index (χ2v) is 6.79. The number of rotatable bonds is 4. The number of halogens is 1. The van der Waals surface area contributed by atoms with Gasteiger partial charge in [-0.1, -0.05) is 53.7 Å². The second-order valence-electron chi connectivity index (χ2n) is 5.04. The Balaban J connectivity index is 1.83. The summed E-state index contributed by atoms with van der Waals surface area (Å²) >= 11 is 7.64. The van der Waals surface area contributed by atoms with Crippen molar-refractivity contribution in [1.82, 2.24) is 14.8 Å². The van der Waals surface area contributed by atoms with Gasteiger partial charge in [-0.2, -0.15) is 0 Å². The molecule has 5 heteroatoms. The maximum atomic E-state index is 5.93. The summed E-state index contributed by atoms with van der Waals surface area (Å²) in [6.45, 7) is 2.18. The number of thioether (sulfide) groups is 1. The average molecular weight is 330 g/mol. The summed E-state index contributed by atoms with van der Waals surface area (Å²) in [5.74, 6) is 0.847. The van der Waals surface area contributed by atoms with Crippen LogP contribution in [0, 0.1) is 0 Å². The molecule has 0 spiro atoms. The molecular weight excluding hydrogens is 314 g/mol. The van der Waals surface area contributed by atoms with Crippen LogP contribution in [0.1, 0.15) is 17.7 Å². The summed E-state index contributed by atoms with van der Waals surface area (Å²) in [6.07, 6.45) is 0. The Morgan fingerprint density at radius 1 is 1.00 bits per heavy atom. The molecule has 0 saturated carbocycles. The van der Waals surface area contributed by atoms with Crippen LogP contribution < -0.4 is 0 Å². The van der Waals surface area contributed by atoms with Crippen LogP contribution in [0.25, 0.3) is 11.4 Å². The zero-order chi connectivity index (χ0) is 15.5. The fraction of sp³-hybridized carbons (Fsp3) is 0.176. The molecule has 3 rings (SSSR count). The Bertz CT molecular complexity index is 753. The highest BCUT2D eigenvalue weighted by Gasteiger charge is 2.15. The van der Waals surface area contributed by atoms with E-state index in [0.29, 0.717) is 5.25 Å². The van der Waals surface area contributed by atoms with Gasteiger partial charge in [0.05, 0.1) is 0 Å². The first-order valence-electron chi connectivity index (χ1n) is 7.02. The molecule has 3 aromatic rings. The van der Waals surface area contributed by atoms with E-state index in [2.05, 4.69) is 41.4 Å². The van der Waals surface area contributed by atoms with E-state index >= 15 is 0 Å². The highest BCUT2D eigenvalue weighted by atomic mass is 35.5. The molecule has 0 aliphatic carbocycles. The molecular formula is C17H16ClN3S. The molecule has 22 heavy (non-hydrogen) atoms. The van der Waals surface area contributed by atoms with Gasteiger partial charge in [-0.25, -0.2) is 0 Å². The lowest BCUT2D eigenvalue weighted by molar-refractivity contribution is 0.790. The molecule has 0 N–H and O–H groups in total. The van der Waals surface area contributed by atoms with Gasteiger partial charge in [0.15, 0.2) is 11.0 Å². The molecule has 0 bridgehead atoms. The maximum Gasteiger partial charge on any atom is 0.191 e. The maximum absolute atomic E-state index is 5.93. The van der Waals surface area contributed by atoms with E-state index in [9.17, 15) is 0 Å². The molecule has 0 unspecified atom stereocenters. The predicted octanol–water partition coefficient (Wildman–Crippen LogP) is 4.99. The van der Waals surface area contributed by atoms with Crippen LogP contribution in [0.2, 0.25) is 5.02 Å². The monoisotopic (exact) mass is 329 g/mol. The number of hydrogen-bond donors (Lipinski definition) is 0. The summed E-state index contributed by atoms with van der Waals surface area (Å²) in [4.78, 5) is 0. The van der Waals surface area contributed by atoms with Crippen LogP contribution in [-0.4, -0.2) is 14.8 Å². The minimum absolute atomic E-state index is 0.321. The van der Waals surface area contributed by atoms with Gasteiger partial charge in [-0.05, 0) is 36.8 Å². The molecule has 0 amide bonds. The fourth-order valence-electron chi connectivity index (χ4n) is 2.22. The van der Waals surface area contributed by atoms with Gasteiger partial charge >= 0.3 is 0 Å². The SMILES string of the molecule is C[C@H](Sc1nnc(-c2ccc(Cl)cc2)n1C)c1ccccc1. The van der Waals surface area contributed by atoms with E-state index in [1.54, 1.807) is 11.8 Å². The van der Waals surface area contributed by atoms with Crippen LogP contribution in [0.4, 0.5) is 0 Å². The van der Waals surface area contributed by atoms with E-state index in [-0.39, 0.29) is 0 Å². The van der Waals surface area contributed by atoms with Crippen LogP contribution in [0.15, 0.2) is 59.8 Å². The first-order valence-corrected chi connectivity index (χ1v) is 8.28. The quantitative estimate of drug-likeness (QED) is 0.632. The number of hydrogen-bond acceptors (Lipinski definition) is 3. The molecule has 0 aliphatic rings. The molecule has 112 valence electrons. The Kier molecular flexibility index (Phi) is 4.50. The summed E-state index contributed by atoms with van der Waals surface area (Å²) < 4.78 is 2.02. The van der Waals surface area contributed by atoms with Gasteiger partial charge in [0.25, 0.3) is 0 Å². The molecule has 3 nitrogen and oxygen atoms in total. The number of benzene rings is 2. The van der Waals surface area contributed by atoms with Crippen molar-refractivity contribution >= 4 is 23.4 Å². The van der Waals surface area contributed by atoms with E-state index < -0.39 is 0 Å². The first kappa shape index (κ1) is 15.1. The van der Waals surface area contributed by atoms with Gasteiger partial charge < -0.3 is 4.57 Å². The average Bonchev–Trinajstić information content (AvgIpc) is 2.90. The molecule has 0 saturated heterocycles. The van der Waals surface area contributed by atoms with E-state index in [4.69, 9.17) is 11.6 Å². The third-order valence-corrected chi connectivity index (χ3v) is 4.93. The van der Waals surface area contributed by atoms with Crippen molar-refractivity contribution in [2.24, 2.45) is 7.05 Å². The lowest BCUT2D eigenvalue weighted by Gasteiger charge is -2.11. The summed E-state index contributed by atoms with van der Waals surface area (Å²) in [7, 11) is 1.99. The number of nitrogens with zero attached hydrogens (tertiary/aromatic N) is 3. The number of aromatic nitrogens is 3. The Labute approximate surface area is 139 Å². The van der Waals surface area contributed by atoms with Crippen molar-refractivity contribution in [3.63, 3.8) is 0 Å². The van der Waals surface area contributed by atoms with Crippen molar-refractivity contribution in [3.05, 3.63) is 65.2 Å². The molecule has 0 radical (unpaired) electrons. The van der Waals surface area contributed by atoms with Gasteiger partial charge in [0.1, 0.15) is 0 Å². The Morgan fingerprint density at radius 2 is 1.68 bits per heavy atom. The highest BCUT2D eigenvalue weighted by Crippen LogP contribution is 2.34. The zero-order valence-electron chi connectivity index (χ0n) is 12.4. The Hall–Kier alpha value is -1.78. The van der Waals surface area contributed by atoms with Gasteiger partial charge in [0, 0.05) is 22.9 Å². The molecule has 1 heterocycles. The van der Waals surface area contributed by atoms with Crippen molar-refractivity contribution in [1.29, 1.82) is 0 Å². The lowest BCUT2D eigenvalue weighted by atomic mass is 10.2. The first-order chi connectivity index (χ1) is 10.6. The van der Waals surface area contributed by atoms with Crippen LogP contribution >= 0.6 is 23.4 Å². The van der Waals surface area contributed by atoms with E-state index in [1.807, 2.05) is 41.9 Å². The van der Waals surface area contributed by atoms with Gasteiger partial charge in [-0.15, -0.1) is 10.2 Å². The molecule has 1 aromatic heterocycles. The summed E-state index contributed by atoms with van der Waals surface area (Å²) in [5, 5.41) is 10.6. The highest BCUT2D eigenvalue weighted by molar-refractivity contribution is 7.99. The van der Waals surface area contributed by atoms with Crippen LogP contribution in [-0.2, 0) is 7.05 Å². The normalized spacial score (nSPS) is 12.3. The largest absolute Gasteiger partial charge is 0.305 e. The lowest BCUT2D eigenvalue weighted by Crippen LogP contribution is -1.96. The van der Waals surface area contributed by atoms with Gasteiger partial charge in [0.2, 0.25) is 0 Å². The predicted molar refractivity (Wildman–Crippen MR) is 92.2 cm³/mol. The van der Waals surface area contributed by atoms with E-state index in [1.165, 1.54) is 5.56 Å². The Morgan fingerprint density at radius 3 is 2.36 bits per heavy atom. The van der Waals surface area contributed by atoms with Crippen LogP contribution in [0.5, 0.6) is 0 Å². The standard InChI is InChI=1S/C17H16ClN3S/c1-12(13-6-4-3-5-7-13)22-17-20-19-16(21(17)2)14-8-10-15(18)11-9-14/h3-12H,1-2H3/t12-/m0/s1. The zero-order valence-corrected chi connectivity index (χ0v) is 14.0. The van der Waals surface area contributed by atoms with Crippen molar-refractivity contribution in [2.75, 3.05) is 0 Å². The van der Waals surface area contributed by atoms with Gasteiger partial charge in [-0.3, -0.25) is 0 Å². The van der Waals surface area contributed by atoms with Crippen molar-refractivity contribution < 1.29 is 0 Å². The van der Waals surface area contributed by atoms with Crippen molar-refractivity contribution in [3.8, 4) is 11.4 Å². The summed E-state index contributed by atoms with van der Waals surface area (Å²) in [6, 6.07) is 18.1. The smallest absolute Gasteiger partial charge is 0.191 e. The molecule has 0 aliphatic heterocycles. The minimum Gasteiger partial charge on any atom is -0.305 e.